The first kappa shape index (κ1) is 13.6. The topological polar surface area (TPSA) is 64.1 Å². The van der Waals surface area contributed by atoms with Gasteiger partial charge in [0, 0.05) is 13.7 Å². The van der Waals surface area contributed by atoms with Gasteiger partial charge in [0.05, 0.1) is 11.5 Å². The lowest BCUT2D eigenvalue weighted by molar-refractivity contribution is 0.0933. The average molecular weight is 277 g/mol. The number of hydrogen-bond donors (Lipinski definition) is 1. The third-order valence-corrected chi connectivity index (χ3v) is 3.38. The minimum Gasteiger partial charge on any atom is -0.383 e. The van der Waals surface area contributed by atoms with Crippen LogP contribution in [0.5, 0.6) is 0 Å². The Hall–Kier alpha value is -1.79. The minimum atomic E-state index is -0.221. The van der Waals surface area contributed by atoms with E-state index in [0.29, 0.717) is 18.8 Å². The van der Waals surface area contributed by atoms with E-state index in [1.807, 2.05) is 31.2 Å². The van der Waals surface area contributed by atoms with E-state index in [1.54, 1.807) is 7.11 Å². The summed E-state index contributed by atoms with van der Waals surface area (Å²) in [7, 11) is 1.59. The molecule has 0 bridgehead atoms. The number of methoxy groups -OCH3 is 1. The summed E-state index contributed by atoms with van der Waals surface area (Å²) < 4.78 is 8.76. The number of aryl methyl sites for hydroxylation is 1. The minimum absolute atomic E-state index is 0.221. The Kier molecular flexibility index (Phi) is 4.59. The highest BCUT2D eigenvalue weighted by molar-refractivity contribution is 7.09. The van der Waals surface area contributed by atoms with Crippen LogP contribution in [0.1, 0.15) is 16.1 Å². The van der Waals surface area contributed by atoms with Gasteiger partial charge in [0.2, 0.25) is 0 Å². The molecule has 5 nitrogen and oxygen atoms in total. The molecular weight excluding hydrogens is 262 g/mol. The van der Waals surface area contributed by atoms with Gasteiger partial charge in [0.15, 0.2) is 5.69 Å². The first-order chi connectivity index (χ1) is 9.22. The van der Waals surface area contributed by atoms with Crippen LogP contribution in [0.3, 0.4) is 0 Å². The fourth-order valence-corrected chi connectivity index (χ4v) is 2.25. The SMILES string of the molecule is COCCNC(=O)c1nnsc1-c1ccc(C)cc1. The second-order valence-electron chi connectivity index (χ2n) is 4.07. The number of rotatable bonds is 5. The summed E-state index contributed by atoms with van der Waals surface area (Å²) in [6.45, 7) is 2.95. The van der Waals surface area contributed by atoms with Crippen molar-refractivity contribution in [3.8, 4) is 10.4 Å². The number of benzene rings is 1. The summed E-state index contributed by atoms with van der Waals surface area (Å²) in [6.07, 6.45) is 0. The lowest BCUT2D eigenvalue weighted by atomic mass is 10.1. The smallest absolute Gasteiger partial charge is 0.273 e. The Morgan fingerprint density at radius 2 is 2.11 bits per heavy atom. The molecule has 6 heteroatoms. The highest BCUT2D eigenvalue weighted by atomic mass is 32.1. The third kappa shape index (κ3) is 3.36. The number of nitrogens with zero attached hydrogens (tertiary/aromatic N) is 2. The normalized spacial score (nSPS) is 10.4. The number of hydrogen-bond acceptors (Lipinski definition) is 5. The summed E-state index contributed by atoms with van der Waals surface area (Å²) in [5.74, 6) is -0.221. The molecule has 1 heterocycles. The molecular formula is C13H15N3O2S. The lowest BCUT2D eigenvalue weighted by Gasteiger charge is -2.04. The molecule has 0 spiro atoms. The summed E-state index contributed by atoms with van der Waals surface area (Å²) in [4.78, 5) is 12.8. The molecule has 0 aliphatic carbocycles. The quantitative estimate of drug-likeness (QED) is 0.848. The molecule has 0 radical (unpaired) electrons. The van der Waals surface area contributed by atoms with E-state index in [2.05, 4.69) is 14.9 Å². The molecule has 2 aromatic rings. The van der Waals surface area contributed by atoms with Gasteiger partial charge in [-0.2, -0.15) is 0 Å². The van der Waals surface area contributed by atoms with E-state index in [0.717, 1.165) is 10.4 Å². The number of aromatic nitrogens is 2. The van der Waals surface area contributed by atoms with E-state index < -0.39 is 0 Å². The lowest BCUT2D eigenvalue weighted by Crippen LogP contribution is -2.27. The average Bonchev–Trinajstić information content (AvgIpc) is 2.89. The van der Waals surface area contributed by atoms with Crippen LogP contribution < -0.4 is 5.32 Å². The van der Waals surface area contributed by atoms with Crippen molar-refractivity contribution in [3.63, 3.8) is 0 Å². The van der Waals surface area contributed by atoms with Crippen molar-refractivity contribution in [1.29, 1.82) is 0 Å². The van der Waals surface area contributed by atoms with Crippen molar-refractivity contribution < 1.29 is 9.53 Å². The van der Waals surface area contributed by atoms with Gasteiger partial charge in [0.25, 0.3) is 5.91 Å². The van der Waals surface area contributed by atoms with Gasteiger partial charge < -0.3 is 10.1 Å². The second kappa shape index (κ2) is 6.40. The fourth-order valence-electron chi connectivity index (χ4n) is 1.58. The maximum Gasteiger partial charge on any atom is 0.273 e. The van der Waals surface area contributed by atoms with Crippen LogP contribution in [-0.4, -0.2) is 35.8 Å². The van der Waals surface area contributed by atoms with E-state index in [4.69, 9.17) is 4.74 Å². The fraction of sp³-hybridized carbons (Fsp3) is 0.308. The number of amides is 1. The van der Waals surface area contributed by atoms with Crippen molar-refractivity contribution in [3.05, 3.63) is 35.5 Å². The zero-order valence-electron chi connectivity index (χ0n) is 10.8. The first-order valence-electron chi connectivity index (χ1n) is 5.89. The zero-order valence-corrected chi connectivity index (χ0v) is 11.7. The predicted octanol–water partition coefficient (Wildman–Crippen LogP) is 1.89. The van der Waals surface area contributed by atoms with Crippen molar-refractivity contribution in [1.82, 2.24) is 14.9 Å². The Morgan fingerprint density at radius 3 is 2.79 bits per heavy atom. The van der Waals surface area contributed by atoms with E-state index in [1.165, 1.54) is 17.1 Å². The molecule has 0 aliphatic rings. The summed E-state index contributed by atoms with van der Waals surface area (Å²) >= 11 is 1.22. The monoisotopic (exact) mass is 277 g/mol. The number of carbonyl (C=O) groups is 1. The van der Waals surface area contributed by atoms with E-state index in [9.17, 15) is 4.79 Å². The maximum atomic E-state index is 12.0. The largest absolute Gasteiger partial charge is 0.383 e. The van der Waals surface area contributed by atoms with Crippen molar-refractivity contribution in [2.24, 2.45) is 0 Å². The number of ether oxygens (including phenoxy) is 1. The molecule has 0 aliphatic heterocycles. The molecule has 1 N–H and O–H groups in total. The molecule has 0 atom stereocenters. The molecule has 1 aromatic heterocycles. The Bertz CT molecular complexity index is 551. The van der Waals surface area contributed by atoms with Gasteiger partial charge >= 0.3 is 0 Å². The van der Waals surface area contributed by atoms with Gasteiger partial charge in [-0.3, -0.25) is 4.79 Å². The van der Waals surface area contributed by atoms with Crippen molar-refractivity contribution in [2.45, 2.75) is 6.92 Å². The predicted molar refractivity (Wildman–Crippen MR) is 74.3 cm³/mol. The molecule has 0 unspecified atom stereocenters. The molecule has 0 saturated heterocycles. The third-order valence-electron chi connectivity index (χ3n) is 2.61. The molecule has 0 saturated carbocycles. The van der Waals surface area contributed by atoms with Crippen molar-refractivity contribution >= 4 is 17.4 Å². The standard InChI is InChI=1S/C13H15N3O2S/c1-9-3-5-10(6-4-9)12-11(15-16-19-12)13(17)14-7-8-18-2/h3-6H,7-8H2,1-2H3,(H,14,17). The van der Waals surface area contributed by atoms with Gasteiger partial charge in [-0.15, -0.1) is 5.10 Å². The van der Waals surface area contributed by atoms with Crippen LogP contribution in [0, 0.1) is 6.92 Å². The summed E-state index contributed by atoms with van der Waals surface area (Å²) in [6, 6.07) is 7.94. The van der Waals surface area contributed by atoms with E-state index in [-0.39, 0.29) is 5.91 Å². The number of carbonyl (C=O) groups excluding carboxylic acids is 1. The molecule has 100 valence electrons. The number of nitrogens with one attached hydrogen (secondary N) is 1. The molecule has 1 amide bonds. The molecule has 19 heavy (non-hydrogen) atoms. The van der Waals surface area contributed by atoms with Crippen LogP contribution in [0.25, 0.3) is 10.4 Å². The van der Waals surface area contributed by atoms with Crippen LogP contribution in [0.4, 0.5) is 0 Å². The first-order valence-corrected chi connectivity index (χ1v) is 6.66. The zero-order chi connectivity index (χ0) is 13.7. The Balaban J connectivity index is 2.17. The van der Waals surface area contributed by atoms with Gasteiger partial charge in [-0.25, -0.2) is 0 Å². The summed E-state index contributed by atoms with van der Waals surface area (Å²) in [5, 5.41) is 6.66. The highest BCUT2D eigenvalue weighted by Gasteiger charge is 2.17. The maximum absolute atomic E-state index is 12.0. The Morgan fingerprint density at radius 1 is 1.37 bits per heavy atom. The van der Waals surface area contributed by atoms with Gasteiger partial charge in [-0.1, -0.05) is 34.3 Å². The molecule has 1 aromatic carbocycles. The van der Waals surface area contributed by atoms with Crippen LogP contribution in [0.2, 0.25) is 0 Å². The van der Waals surface area contributed by atoms with Crippen LogP contribution in [0.15, 0.2) is 24.3 Å². The van der Waals surface area contributed by atoms with Crippen molar-refractivity contribution in [2.75, 3.05) is 20.3 Å². The second-order valence-corrected chi connectivity index (χ2v) is 4.82. The van der Waals surface area contributed by atoms with Crippen LogP contribution in [-0.2, 0) is 4.74 Å². The summed E-state index contributed by atoms with van der Waals surface area (Å²) in [5.41, 5.74) is 2.50. The Labute approximate surface area is 115 Å². The van der Waals surface area contributed by atoms with E-state index >= 15 is 0 Å². The van der Waals surface area contributed by atoms with Gasteiger partial charge in [0.1, 0.15) is 0 Å². The molecule has 2 rings (SSSR count). The van der Waals surface area contributed by atoms with Crippen LogP contribution >= 0.6 is 11.5 Å². The van der Waals surface area contributed by atoms with Gasteiger partial charge in [-0.05, 0) is 24.0 Å². The highest BCUT2D eigenvalue weighted by Crippen LogP contribution is 2.26. The molecule has 0 fully saturated rings.